The van der Waals surface area contributed by atoms with Crippen molar-refractivity contribution in [2.24, 2.45) is 5.73 Å². The molecule has 0 saturated heterocycles. The maximum absolute atomic E-state index is 11.9. The SMILES string of the molecule is CCC(N)(CC)C(=O)Nc1ccc(Br)cn1. The highest BCUT2D eigenvalue weighted by Gasteiger charge is 2.29. The Labute approximate surface area is 104 Å². The van der Waals surface area contributed by atoms with Crippen molar-refractivity contribution in [2.45, 2.75) is 32.2 Å². The summed E-state index contributed by atoms with van der Waals surface area (Å²) >= 11 is 3.28. The second kappa shape index (κ2) is 5.41. The highest BCUT2D eigenvalue weighted by molar-refractivity contribution is 9.10. The van der Waals surface area contributed by atoms with Gasteiger partial charge < -0.3 is 11.1 Å². The van der Waals surface area contributed by atoms with E-state index in [0.29, 0.717) is 18.7 Å². The zero-order chi connectivity index (χ0) is 12.2. The first-order valence-corrected chi connectivity index (χ1v) is 6.03. The number of carbonyl (C=O) groups excluding carboxylic acids is 1. The minimum Gasteiger partial charge on any atom is -0.317 e. The van der Waals surface area contributed by atoms with Gasteiger partial charge in [-0.05, 0) is 40.9 Å². The summed E-state index contributed by atoms with van der Waals surface area (Å²) in [4.78, 5) is 16.0. The van der Waals surface area contributed by atoms with Gasteiger partial charge in [0.1, 0.15) is 5.82 Å². The summed E-state index contributed by atoms with van der Waals surface area (Å²) in [6, 6.07) is 3.55. The summed E-state index contributed by atoms with van der Waals surface area (Å²) in [5, 5.41) is 2.72. The van der Waals surface area contributed by atoms with Crippen molar-refractivity contribution < 1.29 is 4.79 Å². The van der Waals surface area contributed by atoms with Gasteiger partial charge in [0.15, 0.2) is 0 Å². The Kier molecular flexibility index (Phi) is 4.44. The molecule has 1 amide bonds. The third-order valence-corrected chi connectivity index (χ3v) is 3.15. The van der Waals surface area contributed by atoms with Crippen LogP contribution in [0.2, 0.25) is 0 Å². The lowest BCUT2D eigenvalue weighted by molar-refractivity contribution is -0.121. The molecule has 0 aromatic carbocycles. The van der Waals surface area contributed by atoms with E-state index >= 15 is 0 Å². The number of amides is 1. The molecular formula is C11H16BrN3O. The third kappa shape index (κ3) is 3.02. The number of pyridine rings is 1. The summed E-state index contributed by atoms with van der Waals surface area (Å²) in [6.45, 7) is 3.80. The minimum absolute atomic E-state index is 0.188. The monoisotopic (exact) mass is 285 g/mol. The lowest BCUT2D eigenvalue weighted by Crippen LogP contribution is -2.50. The molecule has 0 radical (unpaired) electrons. The van der Waals surface area contributed by atoms with Crippen molar-refractivity contribution >= 4 is 27.7 Å². The Balaban J connectivity index is 2.74. The summed E-state index contributed by atoms with van der Waals surface area (Å²) < 4.78 is 0.871. The van der Waals surface area contributed by atoms with Crippen molar-refractivity contribution in [3.63, 3.8) is 0 Å². The van der Waals surface area contributed by atoms with E-state index in [-0.39, 0.29) is 5.91 Å². The second-order valence-corrected chi connectivity index (χ2v) is 4.59. The predicted molar refractivity (Wildman–Crippen MR) is 68.1 cm³/mol. The van der Waals surface area contributed by atoms with Gasteiger partial charge in [-0.3, -0.25) is 4.79 Å². The first kappa shape index (κ1) is 13.1. The second-order valence-electron chi connectivity index (χ2n) is 3.68. The Morgan fingerprint density at radius 2 is 2.12 bits per heavy atom. The fraction of sp³-hybridized carbons (Fsp3) is 0.455. The molecule has 0 unspecified atom stereocenters. The van der Waals surface area contributed by atoms with Gasteiger partial charge in [0.05, 0.1) is 5.54 Å². The zero-order valence-corrected chi connectivity index (χ0v) is 11.0. The van der Waals surface area contributed by atoms with Crippen LogP contribution in [0, 0.1) is 0 Å². The van der Waals surface area contributed by atoms with E-state index in [1.54, 1.807) is 12.3 Å². The number of rotatable bonds is 4. The summed E-state index contributed by atoms with van der Waals surface area (Å²) in [6.07, 6.45) is 2.84. The van der Waals surface area contributed by atoms with Crippen LogP contribution in [-0.2, 0) is 4.79 Å². The van der Waals surface area contributed by atoms with Crippen LogP contribution in [0.4, 0.5) is 5.82 Å². The van der Waals surface area contributed by atoms with Gasteiger partial charge in [-0.15, -0.1) is 0 Å². The maximum atomic E-state index is 11.9. The number of anilines is 1. The van der Waals surface area contributed by atoms with E-state index in [4.69, 9.17) is 5.73 Å². The van der Waals surface area contributed by atoms with Gasteiger partial charge in [-0.25, -0.2) is 4.98 Å². The molecule has 0 aliphatic carbocycles. The number of carbonyl (C=O) groups is 1. The smallest absolute Gasteiger partial charge is 0.245 e. The molecule has 4 nitrogen and oxygen atoms in total. The van der Waals surface area contributed by atoms with Crippen molar-refractivity contribution in [3.8, 4) is 0 Å². The van der Waals surface area contributed by atoms with Crippen LogP contribution >= 0.6 is 15.9 Å². The summed E-state index contributed by atoms with van der Waals surface area (Å²) in [5.74, 6) is 0.331. The number of nitrogens with zero attached hydrogens (tertiary/aromatic N) is 1. The molecule has 88 valence electrons. The molecule has 1 aromatic rings. The normalized spacial score (nSPS) is 11.2. The standard InChI is InChI=1S/C11H16BrN3O/c1-3-11(13,4-2)10(16)15-9-6-5-8(12)7-14-9/h5-7H,3-4,13H2,1-2H3,(H,14,15,16). The molecule has 0 spiro atoms. The molecule has 16 heavy (non-hydrogen) atoms. The van der Waals surface area contributed by atoms with E-state index < -0.39 is 5.54 Å². The van der Waals surface area contributed by atoms with Crippen molar-refractivity contribution in [3.05, 3.63) is 22.8 Å². The van der Waals surface area contributed by atoms with Crippen LogP contribution in [0.3, 0.4) is 0 Å². The number of halogens is 1. The van der Waals surface area contributed by atoms with Crippen molar-refractivity contribution in [1.29, 1.82) is 0 Å². The maximum Gasteiger partial charge on any atom is 0.245 e. The van der Waals surface area contributed by atoms with Gasteiger partial charge >= 0.3 is 0 Å². The van der Waals surface area contributed by atoms with E-state index in [1.807, 2.05) is 19.9 Å². The van der Waals surface area contributed by atoms with Crippen LogP contribution in [0.1, 0.15) is 26.7 Å². The van der Waals surface area contributed by atoms with Gasteiger partial charge in [-0.1, -0.05) is 13.8 Å². The largest absolute Gasteiger partial charge is 0.317 e. The molecule has 0 aliphatic rings. The number of hydrogen-bond donors (Lipinski definition) is 2. The minimum atomic E-state index is -0.811. The first-order valence-electron chi connectivity index (χ1n) is 5.23. The molecule has 5 heteroatoms. The van der Waals surface area contributed by atoms with Gasteiger partial charge in [0.2, 0.25) is 5.91 Å². The van der Waals surface area contributed by atoms with Crippen LogP contribution in [0.15, 0.2) is 22.8 Å². The lowest BCUT2D eigenvalue weighted by atomic mass is 9.93. The number of hydrogen-bond acceptors (Lipinski definition) is 3. The fourth-order valence-electron chi connectivity index (χ4n) is 1.26. The average molecular weight is 286 g/mol. The highest BCUT2D eigenvalue weighted by atomic mass is 79.9. The molecule has 1 aromatic heterocycles. The Morgan fingerprint density at radius 1 is 1.50 bits per heavy atom. The molecule has 0 atom stereocenters. The van der Waals surface area contributed by atoms with E-state index in [2.05, 4.69) is 26.2 Å². The number of nitrogens with two attached hydrogens (primary N) is 1. The van der Waals surface area contributed by atoms with Crippen LogP contribution in [0.5, 0.6) is 0 Å². The number of aromatic nitrogens is 1. The Hall–Kier alpha value is -0.940. The highest BCUT2D eigenvalue weighted by Crippen LogP contribution is 2.15. The third-order valence-electron chi connectivity index (χ3n) is 2.68. The molecular weight excluding hydrogens is 270 g/mol. The van der Waals surface area contributed by atoms with Crippen molar-refractivity contribution in [1.82, 2.24) is 4.98 Å². The van der Waals surface area contributed by atoms with Crippen LogP contribution in [0.25, 0.3) is 0 Å². The zero-order valence-electron chi connectivity index (χ0n) is 9.46. The molecule has 0 bridgehead atoms. The Bertz CT molecular complexity index is 360. The molecule has 3 N–H and O–H groups in total. The molecule has 1 rings (SSSR count). The topological polar surface area (TPSA) is 68.0 Å². The van der Waals surface area contributed by atoms with E-state index in [9.17, 15) is 4.79 Å². The molecule has 0 saturated carbocycles. The van der Waals surface area contributed by atoms with E-state index in [1.165, 1.54) is 0 Å². The fourth-order valence-corrected chi connectivity index (χ4v) is 1.50. The Morgan fingerprint density at radius 3 is 2.56 bits per heavy atom. The van der Waals surface area contributed by atoms with Crippen LogP contribution in [-0.4, -0.2) is 16.4 Å². The van der Waals surface area contributed by atoms with Gasteiger partial charge in [0.25, 0.3) is 0 Å². The average Bonchev–Trinajstić information content (AvgIpc) is 2.31. The molecule has 0 fully saturated rings. The summed E-state index contributed by atoms with van der Waals surface area (Å²) in [5.41, 5.74) is 5.16. The summed E-state index contributed by atoms with van der Waals surface area (Å²) in [7, 11) is 0. The lowest BCUT2D eigenvalue weighted by Gasteiger charge is -2.24. The van der Waals surface area contributed by atoms with Crippen LogP contribution < -0.4 is 11.1 Å². The van der Waals surface area contributed by atoms with Gasteiger partial charge in [0, 0.05) is 10.7 Å². The molecule has 1 heterocycles. The van der Waals surface area contributed by atoms with Crippen molar-refractivity contribution in [2.75, 3.05) is 5.32 Å². The quantitative estimate of drug-likeness (QED) is 0.892. The number of nitrogens with one attached hydrogen (secondary N) is 1. The molecule has 0 aliphatic heterocycles. The van der Waals surface area contributed by atoms with Gasteiger partial charge in [-0.2, -0.15) is 0 Å². The van der Waals surface area contributed by atoms with E-state index in [0.717, 1.165) is 4.47 Å². The predicted octanol–water partition coefficient (Wildman–Crippen LogP) is 2.30. The first-order chi connectivity index (χ1) is 7.51.